The van der Waals surface area contributed by atoms with Crippen molar-refractivity contribution in [3.05, 3.63) is 95.6 Å². The van der Waals surface area contributed by atoms with Crippen LogP contribution < -0.4 is 19.7 Å². The molecular formula is C31H32N6O4S. The third-order valence-corrected chi connectivity index (χ3v) is 7.44. The van der Waals surface area contributed by atoms with E-state index in [2.05, 4.69) is 20.3 Å². The van der Waals surface area contributed by atoms with Crippen LogP contribution in [0.15, 0.2) is 78.2 Å². The van der Waals surface area contributed by atoms with Crippen molar-refractivity contribution < 1.29 is 19.1 Å². The fourth-order valence-corrected chi connectivity index (χ4v) is 5.42. The fraction of sp³-hybridized carbons (Fsp3) is 0.258. The van der Waals surface area contributed by atoms with Gasteiger partial charge in [0, 0.05) is 55.8 Å². The van der Waals surface area contributed by atoms with Gasteiger partial charge in [0.15, 0.2) is 16.7 Å². The average molecular weight is 585 g/mol. The number of aryl methyl sites for hydroxylation is 2. The second kappa shape index (κ2) is 12.9. The molecule has 2 amide bonds. The molecule has 10 nitrogen and oxygen atoms in total. The van der Waals surface area contributed by atoms with Gasteiger partial charge in [-0.15, -0.1) is 0 Å². The van der Waals surface area contributed by atoms with Crippen LogP contribution in [0.3, 0.4) is 0 Å². The van der Waals surface area contributed by atoms with Gasteiger partial charge in [0.1, 0.15) is 6.04 Å². The summed E-state index contributed by atoms with van der Waals surface area (Å²) in [6.45, 7) is 4.03. The molecule has 1 aliphatic heterocycles. The summed E-state index contributed by atoms with van der Waals surface area (Å²) in [6, 6.07) is 17.4. The van der Waals surface area contributed by atoms with Crippen molar-refractivity contribution in [2.24, 2.45) is 0 Å². The number of hydrogen-bond donors (Lipinski definition) is 1. The Morgan fingerprint density at radius 2 is 1.71 bits per heavy atom. The van der Waals surface area contributed by atoms with Gasteiger partial charge in [0.05, 0.1) is 5.75 Å². The van der Waals surface area contributed by atoms with Crippen molar-refractivity contribution in [2.45, 2.75) is 31.6 Å². The van der Waals surface area contributed by atoms with E-state index in [0.717, 1.165) is 22.6 Å². The van der Waals surface area contributed by atoms with Crippen molar-refractivity contribution >= 4 is 35.0 Å². The van der Waals surface area contributed by atoms with E-state index in [0.29, 0.717) is 27.9 Å². The van der Waals surface area contributed by atoms with Crippen LogP contribution >= 0.6 is 11.8 Å². The molecular weight excluding hydrogens is 552 g/mol. The molecule has 0 spiro atoms. The Morgan fingerprint density at radius 1 is 0.976 bits per heavy atom. The van der Waals surface area contributed by atoms with E-state index < -0.39 is 6.04 Å². The second-order valence-electron chi connectivity index (χ2n) is 10.1. The molecule has 42 heavy (non-hydrogen) atoms. The maximum atomic E-state index is 14.1. The Hall–Kier alpha value is -4.64. The van der Waals surface area contributed by atoms with Crippen LogP contribution in [-0.2, 0) is 16.1 Å². The number of carbonyl (C=O) groups is 2. The summed E-state index contributed by atoms with van der Waals surface area (Å²) >= 11 is 1.24. The van der Waals surface area contributed by atoms with Gasteiger partial charge in [0.25, 0.3) is 5.91 Å². The number of pyridine rings is 1. The number of thioether (sulfide) groups is 1. The molecule has 2 aromatic heterocycles. The maximum absolute atomic E-state index is 14.1. The lowest BCUT2D eigenvalue weighted by atomic mass is 10.0. The highest BCUT2D eigenvalue weighted by Crippen LogP contribution is 2.37. The van der Waals surface area contributed by atoms with Gasteiger partial charge in [-0.2, -0.15) is 0 Å². The number of rotatable bonds is 10. The molecule has 0 radical (unpaired) electrons. The number of ether oxygens (including phenoxy) is 2. The minimum atomic E-state index is -0.985. The SMILES string of the molecule is Cc1cc(C)nc(SCC(=O)N(Cc2cccnc2)C(C(=O)Nc2ccc(N(C)C)cc2)c2ccc3c(c2)OCO3)n1. The molecule has 0 saturated heterocycles. The molecule has 216 valence electrons. The number of benzene rings is 2. The molecule has 5 rings (SSSR count). The zero-order valence-corrected chi connectivity index (χ0v) is 24.7. The van der Waals surface area contributed by atoms with Gasteiger partial charge in [-0.3, -0.25) is 14.6 Å². The summed E-state index contributed by atoms with van der Waals surface area (Å²) in [4.78, 5) is 44.8. The van der Waals surface area contributed by atoms with Crippen LogP contribution in [0, 0.1) is 13.8 Å². The molecule has 0 saturated carbocycles. The standard InChI is InChI=1S/C31H32N6O4S/c1-20-14-21(2)34-31(33-20)42-18-28(38)37(17-22-6-5-13-32-16-22)29(23-7-12-26-27(15-23)41-19-40-26)30(39)35-24-8-10-25(11-9-24)36(3)4/h5-16,29H,17-19H2,1-4H3,(H,35,39). The van der Waals surface area contributed by atoms with Gasteiger partial charge >= 0.3 is 0 Å². The highest BCUT2D eigenvalue weighted by atomic mass is 32.2. The summed E-state index contributed by atoms with van der Waals surface area (Å²) in [5, 5.41) is 3.52. The number of aromatic nitrogens is 3. The molecule has 0 aliphatic carbocycles. The topological polar surface area (TPSA) is 110 Å². The first kappa shape index (κ1) is 28.9. The first-order valence-electron chi connectivity index (χ1n) is 13.4. The smallest absolute Gasteiger partial charge is 0.251 e. The van der Waals surface area contributed by atoms with Crippen molar-refractivity contribution in [1.29, 1.82) is 0 Å². The minimum Gasteiger partial charge on any atom is -0.454 e. The first-order valence-corrected chi connectivity index (χ1v) is 14.4. The van der Waals surface area contributed by atoms with Crippen molar-refractivity contribution in [3.8, 4) is 11.5 Å². The van der Waals surface area contributed by atoms with E-state index in [4.69, 9.17) is 9.47 Å². The van der Waals surface area contributed by atoms with Crippen molar-refractivity contribution in [2.75, 3.05) is 36.9 Å². The molecule has 1 unspecified atom stereocenters. The number of carbonyl (C=O) groups excluding carboxylic acids is 2. The fourth-order valence-electron chi connectivity index (χ4n) is 4.59. The van der Waals surface area contributed by atoms with Crippen molar-refractivity contribution in [1.82, 2.24) is 19.9 Å². The van der Waals surface area contributed by atoms with E-state index in [1.807, 2.05) is 69.2 Å². The first-order chi connectivity index (χ1) is 20.3. The normalized spacial score (nSPS) is 12.5. The Morgan fingerprint density at radius 3 is 2.40 bits per heavy atom. The number of fused-ring (bicyclic) bond motifs is 1. The van der Waals surface area contributed by atoms with Crippen LogP contribution in [0.5, 0.6) is 11.5 Å². The van der Waals surface area contributed by atoms with Gasteiger partial charge < -0.3 is 24.6 Å². The number of anilines is 2. The van der Waals surface area contributed by atoms with Gasteiger partial charge in [-0.05, 0) is 73.5 Å². The Bertz CT molecular complexity index is 1550. The van der Waals surface area contributed by atoms with Crippen molar-refractivity contribution in [3.63, 3.8) is 0 Å². The molecule has 1 N–H and O–H groups in total. The number of nitrogens with zero attached hydrogens (tertiary/aromatic N) is 5. The summed E-state index contributed by atoms with van der Waals surface area (Å²) in [5.41, 5.74) is 4.63. The highest BCUT2D eigenvalue weighted by molar-refractivity contribution is 7.99. The van der Waals surface area contributed by atoms with Crippen LogP contribution in [0.4, 0.5) is 11.4 Å². The molecule has 1 aliphatic rings. The van der Waals surface area contributed by atoms with Gasteiger partial charge in [-0.25, -0.2) is 9.97 Å². The van der Waals surface area contributed by atoms with E-state index in [1.54, 1.807) is 41.6 Å². The Balaban J connectivity index is 1.50. The third kappa shape index (κ3) is 6.98. The van der Waals surface area contributed by atoms with E-state index in [-0.39, 0.29) is 30.9 Å². The molecule has 1 atom stereocenters. The Labute approximate surface area is 249 Å². The molecule has 3 heterocycles. The second-order valence-corrected chi connectivity index (χ2v) is 11.0. The zero-order valence-electron chi connectivity index (χ0n) is 23.9. The van der Waals surface area contributed by atoms with E-state index in [9.17, 15) is 9.59 Å². The molecule has 2 aromatic carbocycles. The summed E-state index contributed by atoms with van der Waals surface area (Å²) in [5.74, 6) is 0.524. The van der Waals surface area contributed by atoms with E-state index in [1.165, 1.54) is 11.8 Å². The average Bonchev–Trinajstić information content (AvgIpc) is 3.44. The van der Waals surface area contributed by atoms with Crippen LogP contribution in [0.2, 0.25) is 0 Å². The minimum absolute atomic E-state index is 0.0367. The lowest BCUT2D eigenvalue weighted by Gasteiger charge is -2.31. The predicted octanol–water partition coefficient (Wildman–Crippen LogP) is 4.78. The number of hydrogen-bond acceptors (Lipinski definition) is 9. The zero-order chi connectivity index (χ0) is 29.6. The van der Waals surface area contributed by atoms with Crippen LogP contribution in [0.1, 0.15) is 28.6 Å². The summed E-state index contributed by atoms with van der Waals surface area (Å²) < 4.78 is 11.1. The maximum Gasteiger partial charge on any atom is 0.251 e. The van der Waals surface area contributed by atoms with Crippen LogP contribution in [-0.4, -0.2) is 58.3 Å². The Kier molecular flexibility index (Phi) is 8.87. The lowest BCUT2D eigenvalue weighted by molar-refractivity contribution is -0.137. The van der Waals surface area contributed by atoms with E-state index >= 15 is 0 Å². The van der Waals surface area contributed by atoms with Gasteiger partial charge in [0.2, 0.25) is 12.7 Å². The van der Waals surface area contributed by atoms with Crippen LogP contribution in [0.25, 0.3) is 0 Å². The lowest BCUT2D eigenvalue weighted by Crippen LogP contribution is -2.41. The number of nitrogens with one attached hydrogen (secondary N) is 1. The molecule has 0 bridgehead atoms. The molecule has 11 heteroatoms. The predicted molar refractivity (Wildman–Crippen MR) is 162 cm³/mol. The monoisotopic (exact) mass is 584 g/mol. The summed E-state index contributed by atoms with van der Waals surface area (Å²) in [6.07, 6.45) is 3.36. The molecule has 4 aromatic rings. The highest BCUT2D eigenvalue weighted by Gasteiger charge is 2.33. The largest absolute Gasteiger partial charge is 0.454 e. The molecule has 0 fully saturated rings. The van der Waals surface area contributed by atoms with Gasteiger partial charge in [-0.1, -0.05) is 23.9 Å². The third-order valence-electron chi connectivity index (χ3n) is 6.61. The summed E-state index contributed by atoms with van der Waals surface area (Å²) in [7, 11) is 3.90. The number of amides is 2. The quantitative estimate of drug-likeness (QED) is 0.208.